The number of rotatable bonds is 9. The van der Waals surface area contributed by atoms with E-state index in [1.165, 1.54) is 0 Å². The molecule has 0 aliphatic carbocycles. The van der Waals surface area contributed by atoms with Crippen molar-refractivity contribution < 1.29 is 23.7 Å². The van der Waals surface area contributed by atoms with Gasteiger partial charge in [0.1, 0.15) is 29.9 Å². The number of benzene rings is 1. The first-order valence-electron chi connectivity index (χ1n) is 9.32. The summed E-state index contributed by atoms with van der Waals surface area (Å²) < 4.78 is 30.7. The fourth-order valence-electron chi connectivity index (χ4n) is 3.35. The Morgan fingerprint density at radius 2 is 1.78 bits per heavy atom. The fraction of sp³-hybridized carbons (Fsp3) is 0.524. The van der Waals surface area contributed by atoms with Gasteiger partial charge >= 0.3 is 0 Å². The van der Waals surface area contributed by atoms with Crippen LogP contribution in [-0.4, -0.2) is 55.4 Å². The van der Waals surface area contributed by atoms with E-state index in [1.807, 2.05) is 30.3 Å². The Balaban J connectivity index is 1.81. The summed E-state index contributed by atoms with van der Waals surface area (Å²) in [4.78, 5) is 0. The van der Waals surface area contributed by atoms with Gasteiger partial charge in [-0.15, -0.1) is 24.9 Å². The summed E-state index contributed by atoms with van der Waals surface area (Å²) in [6, 6.07) is 9.91. The lowest BCUT2D eigenvalue weighted by Crippen LogP contribution is -2.62. The quantitative estimate of drug-likeness (QED) is 0.597. The third-order valence-corrected chi connectivity index (χ3v) is 5.54. The van der Waals surface area contributed by atoms with Gasteiger partial charge in [0.05, 0.1) is 19.8 Å². The molecule has 0 amide bonds. The molecule has 6 atom stereocenters. The van der Waals surface area contributed by atoms with Crippen LogP contribution in [0.25, 0.3) is 0 Å². The maximum absolute atomic E-state index is 6.30. The Hall–Kier alpha value is -1.15. The molecule has 0 saturated carbocycles. The van der Waals surface area contributed by atoms with E-state index in [4.69, 9.17) is 23.7 Å². The largest absolute Gasteiger partial charge is 0.368 e. The Labute approximate surface area is 165 Å². The Morgan fingerprint density at radius 1 is 1.07 bits per heavy atom. The van der Waals surface area contributed by atoms with Crippen LogP contribution in [0.4, 0.5) is 0 Å². The molecule has 27 heavy (non-hydrogen) atoms. The van der Waals surface area contributed by atoms with Crippen LogP contribution < -0.4 is 0 Å². The number of hydrogen-bond acceptors (Lipinski definition) is 6. The smallest absolute Gasteiger partial charge is 0.184 e. The van der Waals surface area contributed by atoms with E-state index < -0.39 is 6.29 Å². The predicted octanol–water partition coefficient (Wildman–Crippen LogP) is 3.72. The minimum absolute atomic E-state index is 0.147. The molecule has 1 aromatic carbocycles. The maximum Gasteiger partial charge on any atom is 0.184 e. The summed E-state index contributed by atoms with van der Waals surface area (Å²) in [5.74, 6) is 0.915. The number of ether oxygens (including phenoxy) is 5. The summed E-state index contributed by atoms with van der Waals surface area (Å²) in [6.45, 7) is 10.9. The molecule has 3 rings (SSSR count). The molecule has 0 radical (unpaired) electrons. The molecule has 5 nitrogen and oxygen atoms in total. The summed E-state index contributed by atoms with van der Waals surface area (Å²) in [5, 5.41) is 0. The first kappa shape index (κ1) is 20.6. The molecule has 0 bridgehead atoms. The van der Waals surface area contributed by atoms with E-state index in [0.717, 1.165) is 11.3 Å². The van der Waals surface area contributed by atoms with Crippen molar-refractivity contribution in [3.8, 4) is 0 Å². The maximum atomic E-state index is 6.30. The molecule has 0 unspecified atom stereocenters. The van der Waals surface area contributed by atoms with Gasteiger partial charge in [0.2, 0.25) is 0 Å². The van der Waals surface area contributed by atoms with Crippen molar-refractivity contribution in [2.24, 2.45) is 0 Å². The molecular weight excluding hydrogens is 364 g/mol. The van der Waals surface area contributed by atoms with E-state index in [1.54, 1.807) is 23.9 Å². The zero-order chi connectivity index (χ0) is 19.1. The SMILES string of the molecule is C=CCO[C@@H]1[C@H](OCC=C)[C@@H](SCC)O[C@@H]2CO[C@@H](c3ccccc3)O[C@@H]12. The first-order chi connectivity index (χ1) is 13.3. The van der Waals surface area contributed by atoms with Crippen LogP contribution in [-0.2, 0) is 23.7 Å². The second-order valence-corrected chi connectivity index (χ2v) is 7.72. The van der Waals surface area contributed by atoms with Crippen molar-refractivity contribution in [1.29, 1.82) is 0 Å². The number of fused-ring (bicyclic) bond motifs is 1. The van der Waals surface area contributed by atoms with Gasteiger partial charge in [-0.3, -0.25) is 0 Å². The number of hydrogen-bond donors (Lipinski definition) is 0. The molecule has 0 N–H and O–H groups in total. The molecule has 148 valence electrons. The van der Waals surface area contributed by atoms with Gasteiger partial charge in [-0.2, -0.15) is 0 Å². The molecule has 0 aromatic heterocycles. The Kier molecular flexibility index (Phi) is 7.93. The van der Waals surface area contributed by atoms with Crippen molar-refractivity contribution >= 4 is 11.8 Å². The topological polar surface area (TPSA) is 46.2 Å². The van der Waals surface area contributed by atoms with Crippen LogP contribution in [0.3, 0.4) is 0 Å². The highest BCUT2D eigenvalue weighted by atomic mass is 32.2. The zero-order valence-electron chi connectivity index (χ0n) is 15.7. The first-order valence-corrected chi connectivity index (χ1v) is 10.4. The lowest BCUT2D eigenvalue weighted by Gasteiger charge is -2.49. The minimum Gasteiger partial charge on any atom is -0.368 e. The highest BCUT2D eigenvalue weighted by molar-refractivity contribution is 7.99. The molecule has 0 spiro atoms. The van der Waals surface area contributed by atoms with Crippen LogP contribution in [0.1, 0.15) is 18.8 Å². The van der Waals surface area contributed by atoms with Gasteiger partial charge in [-0.25, -0.2) is 0 Å². The van der Waals surface area contributed by atoms with Gasteiger partial charge in [0.25, 0.3) is 0 Å². The van der Waals surface area contributed by atoms with Gasteiger partial charge in [-0.1, -0.05) is 49.4 Å². The van der Waals surface area contributed by atoms with E-state index in [9.17, 15) is 0 Å². The van der Waals surface area contributed by atoms with E-state index in [-0.39, 0.29) is 29.9 Å². The molecule has 2 saturated heterocycles. The van der Waals surface area contributed by atoms with Gasteiger partial charge in [-0.05, 0) is 5.75 Å². The molecule has 6 heteroatoms. The Morgan fingerprint density at radius 3 is 2.44 bits per heavy atom. The van der Waals surface area contributed by atoms with E-state index in [0.29, 0.717) is 19.8 Å². The summed E-state index contributed by atoms with van der Waals surface area (Å²) in [6.07, 6.45) is 2.01. The summed E-state index contributed by atoms with van der Waals surface area (Å²) >= 11 is 1.70. The molecular formula is C21H28O5S. The molecule has 1 aromatic rings. The third-order valence-electron chi connectivity index (χ3n) is 4.50. The van der Waals surface area contributed by atoms with Crippen LogP contribution in [0.15, 0.2) is 55.6 Å². The second-order valence-electron chi connectivity index (χ2n) is 6.35. The van der Waals surface area contributed by atoms with Crippen molar-refractivity contribution in [1.82, 2.24) is 0 Å². The van der Waals surface area contributed by atoms with E-state index in [2.05, 4.69) is 20.1 Å². The highest BCUT2D eigenvalue weighted by Crippen LogP contribution is 2.39. The molecule has 2 fully saturated rings. The number of thioether (sulfide) groups is 1. The summed E-state index contributed by atoms with van der Waals surface area (Å²) in [5.41, 5.74) is 0.832. The minimum atomic E-state index is -0.443. The second kappa shape index (κ2) is 10.4. The van der Waals surface area contributed by atoms with Gasteiger partial charge in [0, 0.05) is 5.56 Å². The van der Waals surface area contributed by atoms with Crippen LogP contribution in [0.5, 0.6) is 0 Å². The predicted molar refractivity (Wildman–Crippen MR) is 107 cm³/mol. The van der Waals surface area contributed by atoms with Crippen molar-refractivity contribution in [2.75, 3.05) is 25.6 Å². The van der Waals surface area contributed by atoms with Crippen molar-refractivity contribution in [2.45, 2.75) is 43.1 Å². The third kappa shape index (κ3) is 5.02. The van der Waals surface area contributed by atoms with Crippen molar-refractivity contribution in [3.63, 3.8) is 0 Å². The average molecular weight is 393 g/mol. The highest BCUT2D eigenvalue weighted by Gasteiger charge is 2.51. The molecule has 2 heterocycles. The average Bonchev–Trinajstić information content (AvgIpc) is 2.71. The zero-order valence-corrected chi connectivity index (χ0v) is 16.5. The van der Waals surface area contributed by atoms with E-state index >= 15 is 0 Å². The standard InChI is InChI=1S/C21H28O5S/c1-4-12-22-18-17-16(25-21(27-6-3)19(18)23-13-5-2)14-24-20(26-17)15-10-8-7-9-11-15/h4-5,7-11,16-21H,1-2,6,12-14H2,3H3/t16-,17-,18+,19+,20-,21-/m1/s1. The van der Waals surface area contributed by atoms with Crippen molar-refractivity contribution in [3.05, 3.63) is 61.2 Å². The van der Waals surface area contributed by atoms with Gasteiger partial charge < -0.3 is 23.7 Å². The normalized spacial score (nSPS) is 33.2. The lowest BCUT2D eigenvalue weighted by molar-refractivity contribution is -0.325. The molecule has 2 aliphatic heterocycles. The van der Waals surface area contributed by atoms with Crippen LogP contribution in [0.2, 0.25) is 0 Å². The van der Waals surface area contributed by atoms with Crippen LogP contribution in [0, 0.1) is 0 Å². The summed E-state index contributed by atoms with van der Waals surface area (Å²) in [7, 11) is 0. The monoisotopic (exact) mass is 392 g/mol. The Bertz CT molecular complexity index is 595. The fourth-order valence-corrected chi connectivity index (χ4v) is 4.32. The molecule has 2 aliphatic rings. The van der Waals surface area contributed by atoms with Gasteiger partial charge in [0.15, 0.2) is 6.29 Å². The van der Waals surface area contributed by atoms with Crippen LogP contribution >= 0.6 is 11.8 Å². The lowest BCUT2D eigenvalue weighted by atomic mass is 9.98.